The molecule has 1 aromatic carbocycles. The summed E-state index contributed by atoms with van der Waals surface area (Å²) in [5.74, 6) is 0.659. The molecule has 0 bridgehead atoms. The van der Waals surface area contributed by atoms with Gasteiger partial charge in [0, 0.05) is 16.9 Å². The molecule has 1 nitrogen and oxygen atoms in total. The Bertz CT molecular complexity index is 608. The van der Waals surface area contributed by atoms with E-state index in [4.69, 9.17) is 4.98 Å². The number of aromatic nitrogens is 1. The third-order valence-electron chi connectivity index (χ3n) is 4.79. The molecule has 118 valence electrons. The summed E-state index contributed by atoms with van der Waals surface area (Å²) >= 11 is 1.86. The maximum absolute atomic E-state index is 4.99. The van der Waals surface area contributed by atoms with E-state index in [1.807, 2.05) is 11.3 Å². The maximum Gasteiger partial charge on any atom is 0.0963 e. The molecule has 0 aliphatic heterocycles. The lowest BCUT2D eigenvalue weighted by molar-refractivity contribution is 0.558. The molecule has 22 heavy (non-hydrogen) atoms. The van der Waals surface area contributed by atoms with Crippen molar-refractivity contribution in [3.63, 3.8) is 0 Å². The molecular formula is C20H27NS. The van der Waals surface area contributed by atoms with Crippen molar-refractivity contribution in [2.24, 2.45) is 0 Å². The van der Waals surface area contributed by atoms with Gasteiger partial charge in [-0.1, -0.05) is 38.8 Å². The number of hydrogen-bond donors (Lipinski definition) is 0. The molecule has 2 aromatic rings. The standard InChI is InChI=1S/C20H27NS/c1-3-7-16(8-4-2)20-21-19(14-22-20)18-12-11-15-9-5-6-10-17(15)13-18/h11-14,16H,3-10H2,1-2H3. The Morgan fingerprint density at radius 2 is 1.77 bits per heavy atom. The zero-order valence-electron chi connectivity index (χ0n) is 13.9. The molecule has 0 fully saturated rings. The fraction of sp³-hybridized carbons (Fsp3) is 0.550. The fourth-order valence-corrected chi connectivity index (χ4v) is 4.59. The predicted molar refractivity (Wildman–Crippen MR) is 96.7 cm³/mol. The zero-order chi connectivity index (χ0) is 15.4. The fourth-order valence-electron chi connectivity index (χ4n) is 3.59. The van der Waals surface area contributed by atoms with E-state index < -0.39 is 0 Å². The van der Waals surface area contributed by atoms with Gasteiger partial charge in [-0.3, -0.25) is 0 Å². The van der Waals surface area contributed by atoms with Crippen molar-refractivity contribution in [2.45, 2.75) is 71.1 Å². The summed E-state index contributed by atoms with van der Waals surface area (Å²) in [5, 5.41) is 3.61. The minimum atomic E-state index is 0.659. The van der Waals surface area contributed by atoms with Gasteiger partial charge in [0.1, 0.15) is 0 Å². The number of benzene rings is 1. The Kier molecular flexibility index (Phi) is 5.30. The second-order valence-corrected chi connectivity index (χ2v) is 7.43. The Balaban J connectivity index is 1.83. The van der Waals surface area contributed by atoms with Gasteiger partial charge in [0.25, 0.3) is 0 Å². The third kappa shape index (κ3) is 3.43. The number of hydrogen-bond acceptors (Lipinski definition) is 2. The van der Waals surface area contributed by atoms with Crippen LogP contribution in [-0.2, 0) is 12.8 Å². The van der Waals surface area contributed by atoms with Crippen molar-refractivity contribution in [1.29, 1.82) is 0 Å². The number of rotatable bonds is 6. The summed E-state index contributed by atoms with van der Waals surface area (Å²) in [4.78, 5) is 4.99. The Morgan fingerprint density at radius 1 is 1.05 bits per heavy atom. The van der Waals surface area contributed by atoms with E-state index in [9.17, 15) is 0 Å². The van der Waals surface area contributed by atoms with E-state index >= 15 is 0 Å². The molecule has 0 saturated heterocycles. The lowest BCUT2D eigenvalue weighted by Gasteiger charge is -2.16. The van der Waals surface area contributed by atoms with E-state index in [1.54, 1.807) is 11.1 Å². The van der Waals surface area contributed by atoms with E-state index in [-0.39, 0.29) is 0 Å². The van der Waals surface area contributed by atoms with Crippen LogP contribution in [0.2, 0.25) is 0 Å². The van der Waals surface area contributed by atoms with Gasteiger partial charge in [0.15, 0.2) is 0 Å². The van der Waals surface area contributed by atoms with Crippen molar-refractivity contribution < 1.29 is 0 Å². The molecule has 0 unspecified atom stereocenters. The minimum Gasteiger partial charge on any atom is -0.241 e. The molecule has 0 N–H and O–H groups in total. The number of thiazole rings is 1. The summed E-state index contributed by atoms with van der Waals surface area (Å²) in [6.45, 7) is 4.56. The summed E-state index contributed by atoms with van der Waals surface area (Å²) in [7, 11) is 0. The molecule has 1 aliphatic carbocycles. The molecule has 0 saturated carbocycles. The van der Waals surface area contributed by atoms with Crippen LogP contribution in [0.15, 0.2) is 23.6 Å². The Hall–Kier alpha value is -1.15. The van der Waals surface area contributed by atoms with Gasteiger partial charge in [-0.2, -0.15) is 0 Å². The highest BCUT2D eigenvalue weighted by Crippen LogP contribution is 2.33. The molecule has 1 aromatic heterocycles. The van der Waals surface area contributed by atoms with Crippen molar-refractivity contribution >= 4 is 11.3 Å². The van der Waals surface area contributed by atoms with Crippen molar-refractivity contribution in [1.82, 2.24) is 4.98 Å². The van der Waals surface area contributed by atoms with E-state index in [2.05, 4.69) is 37.4 Å². The predicted octanol–water partition coefficient (Wildman–Crippen LogP) is 6.37. The van der Waals surface area contributed by atoms with Gasteiger partial charge in [-0.15, -0.1) is 11.3 Å². The first kappa shape index (κ1) is 15.7. The lowest BCUT2D eigenvalue weighted by Crippen LogP contribution is -2.02. The lowest BCUT2D eigenvalue weighted by atomic mass is 9.90. The highest BCUT2D eigenvalue weighted by molar-refractivity contribution is 7.10. The molecular weight excluding hydrogens is 286 g/mol. The second kappa shape index (κ2) is 7.41. The van der Waals surface area contributed by atoms with Crippen LogP contribution in [0.5, 0.6) is 0 Å². The van der Waals surface area contributed by atoms with Gasteiger partial charge in [-0.25, -0.2) is 4.98 Å². The molecule has 0 atom stereocenters. The first-order valence-electron chi connectivity index (χ1n) is 8.89. The number of aryl methyl sites for hydroxylation is 2. The Morgan fingerprint density at radius 3 is 2.50 bits per heavy atom. The average molecular weight is 314 g/mol. The highest BCUT2D eigenvalue weighted by atomic mass is 32.1. The van der Waals surface area contributed by atoms with Gasteiger partial charge < -0.3 is 0 Å². The van der Waals surface area contributed by atoms with Crippen LogP contribution in [0.3, 0.4) is 0 Å². The van der Waals surface area contributed by atoms with E-state index in [0.717, 1.165) is 0 Å². The third-order valence-corrected chi connectivity index (χ3v) is 5.80. The van der Waals surface area contributed by atoms with Gasteiger partial charge in [0.05, 0.1) is 10.7 Å². The van der Waals surface area contributed by atoms with Gasteiger partial charge >= 0.3 is 0 Å². The summed E-state index contributed by atoms with van der Waals surface area (Å²) in [6, 6.07) is 7.00. The first-order valence-corrected chi connectivity index (χ1v) is 9.77. The van der Waals surface area contributed by atoms with Crippen LogP contribution in [0, 0.1) is 0 Å². The summed E-state index contributed by atoms with van der Waals surface area (Å²) < 4.78 is 0. The summed E-state index contributed by atoms with van der Waals surface area (Å²) in [5.41, 5.74) is 5.61. The van der Waals surface area contributed by atoms with Crippen LogP contribution >= 0.6 is 11.3 Å². The molecule has 1 aliphatic rings. The smallest absolute Gasteiger partial charge is 0.0963 e. The topological polar surface area (TPSA) is 12.9 Å². The van der Waals surface area contributed by atoms with Crippen LogP contribution in [0.25, 0.3) is 11.3 Å². The van der Waals surface area contributed by atoms with Crippen LogP contribution in [0.4, 0.5) is 0 Å². The van der Waals surface area contributed by atoms with E-state index in [0.29, 0.717) is 5.92 Å². The van der Waals surface area contributed by atoms with Crippen molar-refractivity contribution in [2.75, 3.05) is 0 Å². The average Bonchev–Trinajstić information content (AvgIpc) is 3.04. The molecule has 0 amide bonds. The largest absolute Gasteiger partial charge is 0.241 e. The second-order valence-electron chi connectivity index (χ2n) is 6.54. The normalized spacial score (nSPS) is 14.3. The maximum atomic E-state index is 4.99. The molecule has 1 heterocycles. The quantitative estimate of drug-likeness (QED) is 0.603. The molecule has 2 heteroatoms. The molecule has 3 rings (SSSR count). The molecule has 0 spiro atoms. The van der Waals surface area contributed by atoms with Gasteiger partial charge in [-0.05, 0) is 55.7 Å². The van der Waals surface area contributed by atoms with Crippen molar-refractivity contribution in [3.8, 4) is 11.3 Å². The van der Waals surface area contributed by atoms with Crippen molar-refractivity contribution in [3.05, 3.63) is 39.7 Å². The Labute approximate surface area is 138 Å². The highest BCUT2D eigenvalue weighted by Gasteiger charge is 2.16. The van der Waals surface area contributed by atoms with Crippen LogP contribution < -0.4 is 0 Å². The zero-order valence-corrected chi connectivity index (χ0v) is 14.7. The molecule has 0 radical (unpaired) electrons. The number of fused-ring (bicyclic) bond motifs is 1. The minimum absolute atomic E-state index is 0.659. The number of nitrogens with zero attached hydrogens (tertiary/aromatic N) is 1. The van der Waals surface area contributed by atoms with E-state index in [1.165, 1.54) is 67.6 Å². The van der Waals surface area contributed by atoms with Crippen LogP contribution in [0.1, 0.15) is 74.4 Å². The monoisotopic (exact) mass is 313 g/mol. The van der Waals surface area contributed by atoms with Crippen LogP contribution in [-0.4, -0.2) is 4.98 Å². The van der Waals surface area contributed by atoms with Gasteiger partial charge in [0.2, 0.25) is 0 Å². The summed E-state index contributed by atoms with van der Waals surface area (Å²) in [6.07, 6.45) is 10.2. The SMILES string of the molecule is CCCC(CCC)c1nc(-c2ccc3c(c2)CCCC3)cs1. The first-order chi connectivity index (χ1) is 10.8.